The Morgan fingerprint density at radius 3 is 2.50 bits per heavy atom. The summed E-state index contributed by atoms with van der Waals surface area (Å²) < 4.78 is 0. The molecule has 3 nitrogen and oxygen atoms in total. The van der Waals surface area contributed by atoms with Gasteiger partial charge in [-0.15, -0.1) is 0 Å². The van der Waals surface area contributed by atoms with Gasteiger partial charge in [0.05, 0.1) is 0 Å². The Bertz CT molecular complexity index is 591. The third kappa shape index (κ3) is 3.11. The number of nitrogens with one attached hydrogen (secondary N) is 1. The summed E-state index contributed by atoms with van der Waals surface area (Å²) in [7, 11) is 4.16. The Balaban J connectivity index is 2.16. The largest absolute Gasteiger partial charge is 0.508 e. The van der Waals surface area contributed by atoms with E-state index in [2.05, 4.69) is 50.3 Å². The number of phenols is 1. The second-order valence-electron chi connectivity index (χ2n) is 6.09. The van der Waals surface area contributed by atoms with E-state index < -0.39 is 0 Å². The number of likely N-dealkylation sites (N-methyl/N-ethyl adjacent to an activating group) is 1. The fraction of sp³-hybridized carbons (Fsp3) is 0.412. The van der Waals surface area contributed by atoms with Gasteiger partial charge in [-0.2, -0.15) is 0 Å². The average molecular weight is 272 g/mol. The minimum Gasteiger partial charge on any atom is -0.508 e. The quantitative estimate of drug-likeness (QED) is 0.878. The lowest BCUT2D eigenvalue weighted by atomic mass is 10.0. The van der Waals surface area contributed by atoms with E-state index in [1.807, 2.05) is 18.2 Å². The van der Waals surface area contributed by atoms with E-state index in [1.54, 1.807) is 6.07 Å². The number of benzene rings is 2. The summed E-state index contributed by atoms with van der Waals surface area (Å²) in [5.41, 5.74) is 1.05. The van der Waals surface area contributed by atoms with Gasteiger partial charge in [-0.25, -0.2) is 0 Å². The first kappa shape index (κ1) is 14.8. The first-order valence-corrected chi connectivity index (χ1v) is 6.99. The Kier molecular flexibility index (Phi) is 4.31. The number of aromatic hydroxyl groups is 1. The summed E-state index contributed by atoms with van der Waals surface area (Å²) in [6.07, 6.45) is 0. The molecular formula is C17H24N2O. The van der Waals surface area contributed by atoms with Crippen LogP contribution < -0.4 is 5.32 Å². The maximum atomic E-state index is 10.1. The molecule has 0 aliphatic carbocycles. The van der Waals surface area contributed by atoms with Crippen LogP contribution in [-0.2, 0) is 6.54 Å². The van der Waals surface area contributed by atoms with Crippen molar-refractivity contribution in [1.82, 2.24) is 10.2 Å². The van der Waals surface area contributed by atoms with Crippen molar-refractivity contribution >= 4 is 10.8 Å². The molecule has 2 aromatic rings. The van der Waals surface area contributed by atoms with Gasteiger partial charge in [-0.05, 0) is 44.8 Å². The third-order valence-corrected chi connectivity index (χ3v) is 4.09. The number of phenolic OH excluding ortho intramolecular Hbond substituents is 1. The zero-order chi connectivity index (χ0) is 14.8. The molecule has 0 saturated carbocycles. The number of rotatable bonds is 5. The Labute approximate surface area is 121 Å². The monoisotopic (exact) mass is 272 g/mol. The topological polar surface area (TPSA) is 35.5 Å². The highest BCUT2D eigenvalue weighted by atomic mass is 16.3. The molecule has 0 unspecified atom stereocenters. The second-order valence-corrected chi connectivity index (χ2v) is 6.09. The van der Waals surface area contributed by atoms with Crippen LogP contribution in [0.4, 0.5) is 0 Å². The van der Waals surface area contributed by atoms with Gasteiger partial charge in [0.15, 0.2) is 0 Å². The van der Waals surface area contributed by atoms with Crippen LogP contribution in [0, 0.1) is 0 Å². The molecule has 0 saturated heterocycles. The number of hydrogen-bond acceptors (Lipinski definition) is 3. The molecule has 0 amide bonds. The summed E-state index contributed by atoms with van der Waals surface area (Å²) in [5, 5.41) is 15.8. The van der Waals surface area contributed by atoms with Crippen LogP contribution in [0.3, 0.4) is 0 Å². The summed E-state index contributed by atoms with van der Waals surface area (Å²) in [4.78, 5) is 2.20. The molecule has 2 rings (SSSR count). The SMILES string of the molecule is CN(C)C(C)(C)CNCc1c(O)ccc2ccccc12. The van der Waals surface area contributed by atoms with E-state index in [0.29, 0.717) is 12.3 Å². The number of hydrogen-bond donors (Lipinski definition) is 2. The highest BCUT2D eigenvalue weighted by Gasteiger charge is 2.19. The van der Waals surface area contributed by atoms with Crippen LogP contribution in [0.15, 0.2) is 36.4 Å². The van der Waals surface area contributed by atoms with Crippen molar-refractivity contribution in [3.8, 4) is 5.75 Å². The Morgan fingerprint density at radius 1 is 1.10 bits per heavy atom. The van der Waals surface area contributed by atoms with Gasteiger partial charge in [0.1, 0.15) is 5.75 Å². The molecule has 0 radical (unpaired) electrons. The van der Waals surface area contributed by atoms with E-state index >= 15 is 0 Å². The maximum Gasteiger partial charge on any atom is 0.120 e. The van der Waals surface area contributed by atoms with Crippen molar-refractivity contribution in [1.29, 1.82) is 0 Å². The van der Waals surface area contributed by atoms with Crippen molar-refractivity contribution in [3.05, 3.63) is 42.0 Å². The Hall–Kier alpha value is -1.58. The van der Waals surface area contributed by atoms with Gasteiger partial charge in [-0.3, -0.25) is 0 Å². The van der Waals surface area contributed by atoms with Gasteiger partial charge >= 0.3 is 0 Å². The molecular weight excluding hydrogens is 248 g/mol. The smallest absolute Gasteiger partial charge is 0.120 e. The van der Waals surface area contributed by atoms with Crippen LogP contribution in [0.1, 0.15) is 19.4 Å². The maximum absolute atomic E-state index is 10.1. The molecule has 0 bridgehead atoms. The van der Waals surface area contributed by atoms with E-state index in [4.69, 9.17) is 0 Å². The molecule has 0 spiro atoms. The molecule has 0 heterocycles. The third-order valence-electron chi connectivity index (χ3n) is 4.09. The predicted octanol–water partition coefficient (Wildman–Crippen LogP) is 2.98. The molecule has 108 valence electrons. The minimum absolute atomic E-state index is 0.0835. The molecule has 0 fully saturated rings. The molecule has 0 aromatic heterocycles. The van der Waals surface area contributed by atoms with Gasteiger partial charge < -0.3 is 15.3 Å². The van der Waals surface area contributed by atoms with Crippen molar-refractivity contribution in [3.63, 3.8) is 0 Å². The zero-order valence-corrected chi connectivity index (χ0v) is 12.8. The van der Waals surface area contributed by atoms with Crippen LogP contribution >= 0.6 is 0 Å². The molecule has 3 heteroatoms. The highest BCUT2D eigenvalue weighted by molar-refractivity contribution is 5.87. The van der Waals surface area contributed by atoms with Crippen LogP contribution in [0.5, 0.6) is 5.75 Å². The molecule has 0 aliphatic rings. The molecule has 2 aromatic carbocycles. The highest BCUT2D eigenvalue weighted by Crippen LogP contribution is 2.27. The lowest BCUT2D eigenvalue weighted by Crippen LogP contribution is -2.46. The number of nitrogens with zero attached hydrogens (tertiary/aromatic N) is 1. The zero-order valence-electron chi connectivity index (χ0n) is 12.8. The fourth-order valence-electron chi connectivity index (χ4n) is 2.16. The van der Waals surface area contributed by atoms with Gasteiger partial charge in [0.25, 0.3) is 0 Å². The van der Waals surface area contributed by atoms with Crippen molar-refractivity contribution in [2.75, 3.05) is 20.6 Å². The average Bonchev–Trinajstić information content (AvgIpc) is 2.41. The standard InChI is InChI=1S/C17H24N2O/c1-17(2,19(3)4)12-18-11-15-14-8-6-5-7-13(14)9-10-16(15)20/h5-10,18,20H,11-12H2,1-4H3. The van der Waals surface area contributed by atoms with E-state index in [0.717, 1.165) is 22.9 Å². The van der Waals surface area contributed by atoms with Gasteiger partial charge in [0, 0.05) is 24.2 Å². The fourth-order valence-corrected chi connectivity index (χ4v) is 2.16. The van der Waals surface area contributed by atoms with E-state index in [-0.39, 0.29) is 5.54 Å². The minimum atomic E-state index is 0.0835. The molecule has 2 N–H and O–H groups in total. The van der Waals surface area contributed by atoms with Crippen molar-refractivity contribution in [2.24, 2.45) is 0 Å². The summed E-state index contributed by atoms with van der Waals surface area (Å²) in [6, 6.07) is 11.9. The molecule has 0 atom stereocenters. The Morgan fingerprint density at radius 2 is 1.80 bits per heavy atom. The van der Waals surface area contributed by atoms with Crippen LogP contribution in [0.2, 0.25) is 0 Å². The second kappa shape index (κ2) is 5.81. The molecule has 0 aliphatic heterocycles. The van der Waals surface area contributed by atoms with Crippen LogP contribution in [0.25, 0.3) is 10.8 Å². The lowest BCUT2D eigenvalue weighted by molar-refractivity contribution is 0.189. The summed E-state index contributed by atoms with van der Waals surface area (Å²) in [5.74, 6) is 0.360. The van der Waals surface area contributed by atoms with Crippen molar-refractivity contribution in [2.45, 2.75) is 25.9 Å². The van der Waals surface area contributed by atoms with Gasteiger partial charge in [-0.1, -0.05) is 30.3 Å². The number of fused-ring (bicyclic) bond motifs is 1. The molecule has 20 heavy (non-hydrogen) atoms. The first-order chi connectivity index (χ1) is 9.42. The summed E-state index contributed by atoms with van der Waals surface area (Å²) in [6.45, 7) is 5.93. The first-order valence-electron chi connectivity index (χ1n) is 6.99. The normalized spacial score (nSPS) is 12.2. The van der Waals surface area contributed by atoms with E-state index in [1.165, 1.54) is 0 Å². The van der Waals surface area contributed by atoms with Gasteiger partial charge in [0.2, 0.25) is 0 Å². The van der Waals surface area contributed by atoms with Crippen LogP contribution in [-0.4, -0.2) is 36.2 Å². The summed E-state index contributed by atoms with van der Waals surface area (Å²) >= 11 is 0. The predicted molar refractivity (Wildman–Crippen MR) is 85.1 cm³/mol. The lowest BCUT2D eigenvalue weighted by Gasteiger charge is -2.32. The van der Waals surface area contributed by atoms with Crippen molar-refractivity contribution < 1.29 is 5.11 Å². The van der Waals surface area contributed by atoms with E-state index in [9.17, 15) is 5.11 Å².